The number of rotatable bonds is 8. The Morgan fingerprint density at radius 2 is 2.00 bits per heavy atom. The van der Waals surface area contributed by atoms with Crippen LogP contribution in [0, 0.1) is 0 Å². The van der Waals surface area contributed by atoms with Gasteiger partial charge in [0.15, 0.2) is 0 Å². The van der Waals surface area contributed by atoms with Crippen molar-refractivity contribution in [3.05, 3.63) is 0 Å². The van der Waals surface area contributed by atoms with Gasteiger partial charge in [-0.1, -0.05) is 6.92 Å². The Morgan fingerprint density at radius 1 is 1.36 bits per heavy atom. The normalized spacial score (nSPS) is 15.1. The number of carbonyl (C=O) groups excluding carboxylic acids is 1. The van der Waals surface area contributed by atoms with Gasteiger partial charge in [-0.3, -0.25) is 4.79 Å². The molecular formula is C10H22N2O2. The Balaban J connectivity index is 3.40. The molecule has 4 N–H and O–H groups in total. The van der Waals surface area contributed by atoms with Crippen molar-refractivity contribution < 1.29 is 9.53 Å². The summed E-state index contributed by atoms with van der Waals surface area (Å²) < 4.78 is 5.30. The highest BCUT2D eigenvalue weighted by Crippen LogP contribution is 2.09. The summed E-state index contributed by atoms with van der Waals surface area (Å²) in [5.41, 5.74) is 9.95. The highest BCUT2D eigenvalue weighted by Gasteiger charge is 2.24. The van der Waals surface area contributed by atoms with Crippen molar-refractivity contribution in [3.8, 4) is 0 Å². The predicted octanol–water partition coefficient (Wildman–Crippen LogP) is 0.786. The first kappa shape index (κ1) is 13.4. The van der Waals surface area contributed by atoms with Gasteiger partial charge in [-0.15, -0.1) is 0 Å². The molecular weight excluding hydrogens is 180 g/mol. The lowest BCUT2D eigenvalue weighted by atomic mass is 9.96. The summed E-state index contributed by atoms with van der Waals surface area (Å²) in [6.07, 6.45) is 3.47. The molecule has 1 atom stereocenters. The van der Waals surface area contributed by atoms with E-state index in [1.54, 1.807) is 6.92 Å². The van der Waals surface area contributed by atoms with Crippen LogP contribution in [0.1, 0.15) is 39.5 Å². The van der Waals surface area contributed by atoms with Crippen LogP contribution < -0.4 is 11.5 Å². The van der Waals surface area contributed by atoms with E-state index in [9.17, 15) is 4.79 Å². The maximum absolute atomic E-state index is 10.9. The van der Waals surface area contributed by atoms with Gasteiger partial charge in [0, 0.05) is 13.2 Å². The number of primary amides is 1. The SMILES string of the molecule is CCCOCCCCC(C)(N)C(N)=O. The van der Waals surface area contributed by atoms with Crippen LogP contribution in [0.25, 0.3) is 0 Å². The standard InChI is InChI=1S/C10H22N2O2/c1-3-7-14-8-5-4-6-10(2,12)9(11)13/h3-8,12H2,1-2H3,(H2,11,13). The van der Waals surface area contributed by atoms with E-state index in [1.807, 2.05) is 0 Å². The van der Waals surface area contributed by atoms with E-state index in [0.717, 1.165) is 32.5 Å². The van der Waals surface area contributed by atoms with Crippen LogP contribution in [0.15, 0.2) is 0 Å². The van der Waals surface area contributed by atoms with Gasteiger partial charge in [0.2, 0.25) is 5.91 Å². The minimum atomic E-state index is -0.870. The average Bonchev–Trinajstić information content (AvgIpc) is 2.10. The molecule has 1 amide bonds. The molecule has 0 fully saturated rings. The number of amides is 1. The van der Waals surface area contributed by atoms with E-state index in [-0.39, 0.29) is 0 Å². The molecule has 0 aromatic heterocycles. The third-order valence-corrected chi connectivity index (χ3v) is 2.15. The maximum Gasteiger partial charge on any atom is 0.237 e. The van der Waals surface area contributed by atoms with Gasteiger partial charge in [-0.2, -0.15) is 0 Å². The number of ether oxygens (including phenoxy) is 1. The van der Waals surface area contributed by atoms with Crippen LogP contribution in [0.4, 0.5) is 0 Å². The lowest BCUT2D eigenvalue weighted by Crippen LogP contribution is -2.49. The fourth-order valence-corrected chi connectivity index (χ4v) is 1.07. The molecule has 4 nitrogen and oxygen atoms in total. The largest absolute Gasteiger partial charge is 0.381 e. The lowest BCUT2D eigenvalue weighted by molar-refractivity contribution is -0.122. The first-order valence-corrected chi connectivity index (χ1v) is 5.17. The Bertz CT molecular complexity index is 170. The third kappa shape index (κ3) is 5.94. The molecule has 0 radical (unpaired) electrons. The zero-order valence-electron chi connectivity index (χ0n) is 9.21. The summed E-state index contributed by atoms with van der Waals surface area (Å²) in [6.45, 7) is 5.28. The molecule has 0 saturated heterocycles. The second-order valence-electron chi connectivity index (χ2n) is 3.85. The number of hydrogen-bond acceptors (Lipinski definition) is 3. The minimum absolute atomic E-state index is 0.438. The Kier molecular flexibility index (Phi) is 6.49. The van der Waals surface area contributed by atoms with E-state index in [2.05, 4.69) is 6.92 Å². The molecule has 0 rings (SSSR count). The summed E-state index contributed by atoms with van der Waals surface area (Å²) >= 11 is 0. The third-order valence-electron chi connectivity index (χ3n) is 2.15. The molecule has 14 heavy (non-hydrogen) atoms. The second-order valence-corrected chi connectivity index (χ2v) is 3.85. The fraction of sp³-hybridized carbons (Fsp3) is 0.900. The highest BCUT2D eigenvalue weighted by molar-refractivity contribution is 5.83. The maximum atomic E-state index is 10.9. The van der Waals surface area contributed by atoms with Crippen LogP contribution in [0.5, 0.6) is 0 Å². The lowest BCUT2D eigenvalue weighted by Gasteiger charge is -2.19. The van der Waals surface area contributed by atoms with E-state index >= 15 is 0 Å². The zero-order valence-corrected chi connectivity index (χ0v) is 9.21. The first-order valence-electron chi connectivity index (χ1n) is 5.17. The fourth-order valence-electron chi connectivity index (χ4n) is 1.07. The number of hydrogen-bond donors (Lipinski definition) is 2. The van der Waals surface area contributed by atoms with E-state index in [1.165, 1.54) is 0 Å². The van der Waals surface area contributed by atoms with Crippen LogP contribution in [0.3, 0.4) is 0 Å². The molecule has 0 aliphatic rings. The van der Waals surface area contributed by atoms with Crippen molar-refractivity contribution in [1.29, 1.82) is 0 Å². The van der Waals surface area contributed by atoms with Gasteiger partial charge in [0.1, 0.15) is 0 Å². The van der Waals surface area contributed by atoms with Crippen LogP contribution in [-0.2, 0) is 9.53 Å². The van der Waals surface area contributed by atoms with Gasteiger partial charge >= 0.3 is 0 Å². The monoisotopic (exact) mass is 202 g/mol. The summed E-state index contributed by atoms with van der Waals surface area (Å²) in [5, 5.41) is 0. The smallest absolute Gasteiger partial charge is 0.237 e. The number of nitrogens with two attached hydrogens (primary N) is 2. The number of carbonyl (C=O) groups is 1. The molecule has 4 heteroatoms. The molecule has 0 spiro atoms. The molecule has 0 heterocycles. The van der Waals surface area contributed by atoms with Crippen molar-refractivity contribution in [2.75, 3.05) is 13.2 Å². The summed E-state index contributed by atoms with van der Waals surface area (Å²) in [5.74, 6) is -0.438. The topological polar surface area (TPSA) is 78.3 Å². The summed E-state index contributed by atoms with van der Waals surface area (Å²) in [6, 6.07) is 0. The number of unbranched alkanes of at least 4 members (excludes halogenated alkanes) is 1. The van der Waals surface area contributed by atoms with E-state index < -0.39 is 11.4 Å². The van der Waals surface area contributed by atoms with Gasteiger partial charge in [0.05, 0.1) is 5.54 Å². The Labute approximate surface area is 86.0 Å². The summed E-state index contributed by atoms with van der Waals surface area (Å²) in [4.78, 5) is 10.9. The van der Waals surface area contributed by atoms with Crippen LogP contribution in [0.2, 0.25) is 0 Å². The minimum Gasteiger partial charge on any atom is -0.381 e. The molecule has 0 aliphatic carbocycles. The van der Waals surface area contributed by atoms with Crippen molar-refractivity contribution in [2.45, 2.75) is 45.1 Å². The van der Waals surface area contributed by atoms with Crippen LogP contribution in [-0.4, -0.2) is 24.7 Å². The molecule has 0 bridgehead atoms. The zero-order chi connectivity index (χ0) is 11.0. The van der Waals surface area contributed by atoms with Crippen molar-refractivity contribution in [2.24, 2.45) is 11.5 Å². The van der Waals surface area contributed by atoms with Crippen molar-refractivity contribution in [1.82, 2.24) is 0 Å². The molecule has 1 unspecified atom stereocenters. The van der Waals surface area contributed by atoms with E-state index in [4.69, 9.17) is 16.2 Å². The second kappa shape index (κ2) is 6.79. The van der Waals surface area contributed by atoms with Crippen LogP contribution >= 0.6 is 0 Å². The van der Waals surface area contributed by atoms with E-state index in [0.29, 0.717) is 6.42 Å². The van der Waals surface area contributed by atoms with Gasteiger partial charge in [-0.05, 0) is 32.6 Å². The molecule has 84 valence electrons. The summed E-state index contributed by atoms with van der Waals surface area (Å²) in [7, 11) is 0. The Morgan fingerprint density at radius 3 is 2.50 bits per heavy atom. The van der Waals surface area contributed by atoms with Gasteiger partial charge in [-0.25, -0.2) is 0 Å². The quantitative estimate of drug-likeness (QED) is 0.571. The van der Waals surface area contributed by atoms with Crippen molar-refractivity contribution >= 4 is 5.91 Å². The molecule has 0 aromatic rings. The van der Waals surface area contributed by atoms with Gasteiger partial charge in [0.25, 0.3) is 0 Å². The predicted molar refractivity (Wildman–Crippen MR) is 56.7 cm³/mol. The average molecular weight is 202 g/mol. The van der Waals surface area contributed by atoms with Crippen molar-refractivity contribution in [3.63, 3.8) is 0 Å². The van der Waals surface area contributed by atoms with Gasteiger partial charge < -0.3 is 16.2 Å². The molecule has 0 saturated carbocycles. The molecule has 0 aromatic carbocycles. The molecule has 0 aliphatic heterocycles. The highest BCUT2D eigenvalue weighted by atomic mass is 16.5. The first-order chi connectivity index (χ1) is 6.50. The Hall–Kier alpha value is -0.610.